The molecule has 0 radical (unpaired) electrons. The number of nitrogens with zero attached hydrogens (tertiary/aromatic N) is 3. The third kappa shape index (κ3) is 2.76. The number of aromatic nitrogens is 2. The van der Waals surface area contributed by atoms with Gasteiger partial charge in [0.2, 0.25) is 0 Å². The van der Waals surface area contributed by atoms with Gasteiger partial charge in [0.25, 0.3) is 0 Å². The van der Waals surface area contributed by atoms with Crippen molar-refractivity contribution in [1.82, 2.24) is 9.97 Å². The minimum atomic E-state index is -0.617. The van der Waals surface area contributed by atoms with E-state index < -0.39 is 4.92 Å². The predicted octanol–water partition coefficient (Wildman–Crippen LogP) is 4.31. The highest BCUT2D eigenvalue weighted by Crippen LogP contribution is 2.34. The van der Waals surface area contributed by atoms with E-state index >= 15 is 0 Å². The number of hydrogen-bond acceptors (Lipinski definition) is 8. The Morgan fingerprint density at radius 3 is 2.76 bits per heavy atom. The zero-order chi connectivity index (χ0) is 17.4. The lowest BCUT2D eigenvalue weighted by Crippen LogP contribution is -1.97. The van der Waals surface area contributed by atoms with Crippen LogP contribution in [0.4, 0.5) is 17.4 Å². The second-order valence-electron chi connectivity index (χ2n) is 5.07. The zero-order valence-electron chi connectivity index (χ0n) is 12.5. The summed E-state index contributed by atoms with van der Waals surface area (Å²) in [7, 11) is 0. The van der Waals surface area contributed by atoms with Gasteiger partial charge >= 0.3 is 5.88 Å². The maximum atomic E-state index is 10.8. The van der Waals surface area contributed by atoms with Crippen LogP contribution in [0.15, 0.2) is 52.3 Å². The molecule has 1 aromatic carbocycles. The molecule has 2 N–H and O–H groups in total. The van der Waals surface area contributed by atoms with Crippen LogP contribution in [0.3, 0.4) is 0 Å². The van der Waals surface area contributed by atoms with E-state index in [-0.39, 0.29) is 23.2 Å². The van der Waals surface area contributed by atoms with Crippen LogP contribution in [0.25, 0.3) is 21.8 Å². The van der Waals surface area contributed by atoms with Crippen LogP contribution in [0, 0.1) is 10.1 Å². The number of rotatable bonds is 4. The molecule has 25 heavy (non-hydrogen) atoms. The molecule has 0 aliphatic carbocycles. The number of phenolic OH excluding ortho intramolecular Hbond substituents is 1. The normalized spacial score (nSPS) is 10.9. The molecule has 0 spiro atoms. The van der Waals surface area contributed by atoms with E-state index in [4.69, 9.17) is 4.42 Å². The number of thiophene rings is 1. The van der Waals surface area contributed by atoms with Crippen LogP contribution in [-0.2, 0) is 0 Å². The fraction of sp³-hybridized carbons (Fsp3) is 0. The van der Waals surface area contributed by atoms with Crippen LogP contribution < -0.4 is 5.32 Å². The highest BCUT2D eigenvalue weighted by Gasteiger charge is 2.18. The average molecular weight is 354 g/mol. The fourth-order valence-electron chi connectivity index (χ4n) is 2.31. The Labute approximate surface area is 144 Å². The lowest BCUT2D eigenvalue weighted by Gasteiger charge is -2.09. The molecule has 3 aromatic heterocycles. The molecule has 8 nitrogen and oxygen atoms in total. The van der Waals surface area contributed by atoms with Gasteiger partial charge in [0.05, 0.1) is 22.0 Å². The number of phenols is 1. The summed E-state index contributed by atoms with van der Waals surface area (Å²) in [6.07, 6.45) is 0. The molecule has 0 aliphatic heterocycles. The Kier molecular flexibility index (Phi) is 3.55. The van der Waals surface area contributed by atoms with Crippen molar-refractivity contribution in [3.05, 3.63) is 58.0 Å². The molecule has 0 saturated carbocycles. The van der Waals surface area contributed by atoms with Crippen molar-refractivity contribution in [2.45, 2.75) is 0 Å². The predicted molar refractivity (Wildman–Crippen MR) is 93.2 cm³/mol. The van der Waals surface area contributed by atoms with Gasteiger partial charge in [-0.05, 0) is 29.6 Å². The molecule has 124 valence electrons. The molecule has 0 fully saturated rings. The number of hydrogen-bond donors (Lipinski definition) is 2. The summed E-state index contributed by atoms with van der Waals surface area (Å²) in [6.45, 7) is 0. The SMILES string of the molecule is O=[N+]([O-])c1ccc(-c2nc(Nc3ccccc3O)c3sccc3n2)o1. The second kappa shape index (κ2) is 5.87. The van der Waals surface area contributed by atoms with Gasteiger partial charge in [-0.25, -0.2) is 9.97 Å². The summed E-state index contributed by atoms with van der Waals surface area (Å²) in [5.41, 5.74) is 1.17. The largest absolute Gasteiger partial charge is 0.506 e. The number of anilines is 2. The zero-order valence-corrected chi connectivity index (χ0v) is 13.4. The van der Waals surface area contributed by atoms with Gasteiger partial charge in [-0.2, -0.15) is 0 Å². The van der Waals surface area contributed by atoms with E-state index in [2.05, 4.69) is 15.3 Å². The number of para-hydroxylation sites is 2. The summed E-state index contributed by atoms with van der Waals surface area (Å²) >= 11 is 1.45. The molecule has 4 aromatic rings. The van der Waals surface area contributed by atoms with Crippen molar-refractivity contribution in [3.63, 3.8) is 0 Å². The fourth-order valence-corrected chi connectivity index (χ4v) is 3.09. The van der Waals surface area contributed by atoms with E-state index in [1.165, 1.54) is 23.5 Å². The van der Waals surface area contributed by atoms with Gasteiger partial charge in [-0.15, -0.1) is 11.3 Å². The van der Waals surface area contributed by atoms with Crippen LogP contribution in [0.2, 0.25) is 0 Å². The number of aromatic hydroxyl groups is 1. The summed E-state index contributed by atoms with van der Waals surface area (Å²) in [5, 5.41) is 25.7. The van der Waals surface area contributed by atoms with Crippen molar-refractivity contribution >= 4 is 38.9 Å². The van der Waals surface area contributed by atoms with E-state index in [0.29, 0.717) is 17.0 Å². The molecular formula is C16H10N4O4S. The molecular weight excluding hydrogens is 344 g/mol. The van der Waals surface area contributed by atoms with E-state index in [1.54, 1.807) is 24.3 Å². The Balaban J connectivity index is 1.82. The quantitative estimate of drug-likeness (QED) is 0.319. The number of nitrogens with one attached hydrogen (secondary N) is 1. The minimum absolute atomic E-state index is 0.0843. The van der Waals surface area contributed by atoms with Crippen LogP contribution >= 0.6 is 11.3 Å². The Morgan fingerprint density at radius 1 is 1.16 bits per heavy atom. The molecule has 3 heterocycles. The minimum Gasteiger partial charge on any atom is -0.506 e. The van der Waals surface area contributed by atoms with Crippen molar-refractivity contribution < 1.29 is 14.4 Å². The molecule has 0 saturated heterocycles. The van der Waals surface area contributed by atoms with Crippen molar-refractivity contribution in [1.29, 1.82) is 0 Å². The number of benzene rings is 1. The van der Waals surface area contributed by atoms with Gasteiger partial charge in [0.1, 0.15) is 10.7 Å². The molecule has 9 heteroatoms. The van der Waals surface area contributed by atoms with E-state index in [0.717, 1.165) is 4.70 Å². The number of nitro groups is 1. The van der Waals surface area contributed by atoms with Crippen LogP contribution in [0.5, 0.6) is 5.75 Å². The third-order valence-corrected chi connectivity index (χ3v) is 4.36. The van der Waals surface area contributed by atoms with Crippen molar-refractivity contribution in [2.75, 3.05) is 5.32 Å². The molecule has 0 atom stereocenters. The lowest BCUT2D eigenvalue weighted by molar-refractivity contribution is -0.401. The maximum absolute atomic E-state index is 10.8. The van der Waals surface area contributed by atoms with Gasteiger partial charge in [-0.1, -0.05) is 12.1 Å². The van der Waals surface area contributed by atoms with Gasteiger partial charge in [0, 0.05) is 0 Å². The number of fused-ring (bicyclic) bond motifs is 1. The first-order valence-corrected chi connectivity index (χ1v) is 8.04. The van der Waals surface area contributed by atoms with E-state index in [1.807, 2.05) is 11.4 Å². The van der Waals surface area contributed by atoms with Gasteiger partial charge in [-0.3, -0.25) is 10.1 Å². The van der Waals surface area contributed by atoms with Crippen LogP contribution in [0.1, 0.15) is 0 Å². The number of furan rings is 1. The Bertz CT molecular complexity index is 1090. The third-order valence-electron chi connectivity index (χ3n) is 3.45. The smallest absolute Gasteiger partial charge is 0.433 e. The molecule has 0 aliphatic rings. The first-order valence-electron chi connectivity index (χ1n) is 7.16. The Morgan fingerprint density at radius 2 is 2.00 bits per heavy atom. The maximum Gasteiger partial charge on any atom is 0.433 e. The molecule has 0 unspecified atom stereocenters. The first-order chi connectivity index (χ1) is 12.1. The highest BCUT2D eigenvalue weighted by molar-refractivity contribution is 7.17. The average Bonchev–Trinajstić information content (AvgIpc) is 3.25. The summed E-state index contributed by atoms with van der Waals surface area (Å²) in [4.78, 5) is 19.0. The molecule has 0 amide bonds. The van der Waals surface area contributed by atoms with Crippen molar-refractivity contribution in [2.24, 2.45) is 0 Å². The topological polar surface area (TPSA) is 114 Å². The van der Waals surface area contributed by atoms with Gasteiger partial charge in [0.15, 0.2) is 17.4 Å². The first kappa shape index (κ1) is 15.1. The monoisotopic (exact) mass is 354 g/mol. The summed E-state index contributed by atoms with van der Waals surface area (Å²) in [5.74, 6) is 0.604. The summed E-state index contributed by atoms with van der Waals surface area (Å²) < 4.78 is 5.99. The van der Waals surface area contributed by atoms with Crippen LogP contribution in [-0.4, -0.2) is 20.0 Å². The second-order valence-corrected chi connectivity index (χ2v) is 5.98. The van der Waals surface area contributed by atoms with E-state index in [9.17, 15) is 15.2 Å². The summed E-state index contributed by atoms with van der Waals surface area (Å²) in [6, 6.07) is 11.3. The van der Waals surface area contributed by atoms with Crippen molar-refractivity contribution in [3.8, 4) is 17.3 Å². The highest BCUT2D eigenvalue weighted by atomic mass is 32.1. The molecule has 0 bridgehead atoms. The van der Waals surface area contributed by atoms with Gasteiger partial charge < -0.3 is 14.8 Å². The molecule has 4 rings (SSSR count). The standard InChI is InChI=1S/C16H10N4O4S/c21-11-4-2-1-3-9(11)17-16-14-10(7-8-25-14)18-15(19-16)12-5-6-13(24-12)20(22)23/h1-8,21H,(H,17,18,19). The lowest BCUT2D eigenvalue weighted by atomic mass is 10.3. The Hall–Kier alpha value is -3.46.